The summed E-state index contributed by atoms with van der Waals surface area (Å²) in [5.41, 5.74) is 1.44. The first-order valence-electron chi connectivity index (χ1n) is 5.51. The Kier molecular flexibility index (Phi) is 3.50. The molecule has 0 aliphatic carbocycles. The molecule has 2 aromatic heterocycles. The molecule has 0 spiro atoms. The molecule has 0 aliphatic rings. The number of aromatic nitrogens is 4. The van der Waals surface area contributed by atoms with Gasteiger partial charge in [0, 0.05) is 22.1 Å². The van der Waals surface area contributed by atoms with Crippen LogP contribution in [-0.4, -0.2) is 28.2 Å². The second-order valence-corrected chi connectivity index (χ2v) is 6.66. The number of hydrogen-bond acceptors (Lipinski definition) is 6. The predicted molar refractivity (Wildman–Crippen MR) is 71.1 cm³/mol. The first kappa shape index (κ1) is 14.4. The zero-order valence-corrected chi connectivity index (χ0v) is 12.5. The molecular weight excluding hydrogens is 302 g/mol. The van der Waals surface area contributed by atoms with Crippen molar-refractivity contribution in [1.29, 1.82) is 5.26 Å². The van der Waals surface area contributed by atoms with Gasteiger partial charge in [-0.3, -0.25) is 0 Å². The molecule has 0 fully saturated rings. The number of nitrogens with zero attached hydrogens (tertiary/aromatic N) is 5. The van der Waals surface area contributed by atoms with Crippen LogP contribution >= 0.6 is 10.7 Å². The summed E-state index contributed by atoms with van der Waals surface area (Å²) < 4.78 is 24.4. The molecule has 0 aromatic carbocycles. The van der Waals surface area contributed by atoms with Crippen molar-refractivity contribution in [2.75, 3.05) is 0 Å². The molecule has 0 unspecified atom stereocenters. The van der Waals surface area contributed by atoms with Gasteiger partial charge in [0.2, 0.25) is 0 Å². The van der Waals surface area contributed by atoms with Crippen molar-refractivity contribution in [2.24, 2.45) is 0 Å². The lowest BCUT2D eigenvalue weighted by Gasteiger charge is -2.05. The summed E-state index contributed by atoms with van der Waals surface area (Å²) in [7, 11) is 1.24. The van der Waals surface area contributed by atoms with Crippen molar-refractivity contribution in [2.45, 2.75) is 25.8 Å². The minimum absolute atomic E-state index is 0.0614. The summed E-state index contributed by atoms with van der Waals surface area (Å²) in [5, 5.41) is 12.7. The normalized spacial score (nSPS) is 11.3. The summed E-state index contributed by atoms with van der Waals surface area (Å²) >= 11 is 0. The van der Waals surface area contributed by atoms with Gasteiger partial charge in [-0.1, -0.05) is 0 Å². The SMILES string of the molecule is Cc1cc(C)nc(-n2nc(C)c(C#N)c2S(=O)(=O)Cl)n1. The Bertz CT molecular complexity index is 815. The fourth-order valence-corrected chi connectivity index (χ4v) is 2.99. The van der Waals surface area contributed by atoms with Gasteiger partial charge >= 0.3 is 0 Å². The molecule has 2 aromatic rings. The molecule has 0 amide bonds. The van der Waals surface area contributed by atoms with Crippen molar-refractivity contribution in [1.82, 2.24) is 19.7 Å². The molecule has 7 nitrogen and oxygen atoms in total. The molecule has 20 heavy (non-hydrogen) atoms. The number of rotatable bonds is 2. The maximum Gasteiger partial charge on any atom is 0.280 e. The Morgan fingerprint density at radius 1 is 1.25 bits per heavy atom. The van der Waals surface area contributed by atoms with Crippen molar-refractivity contribution >= 4 is 19.7 Å². The maximum absolute atomic E-state index is 11.7. The molecule has 0 radical (unpaired) electrons. The van der Waals surface area contributed by atoms with E-state index >= 15 is 0 Å². The molecular formula is C11H10ClN5O2S. The van der Waals surface area contributed by atoms with E-state index in [-0.39, 0.29) is 17.2 Å². The van der Waals surface area contributed by atoms with Gasteiger partial charge in [0.1, 0.15) is 11.6 Å². The minimum Gasteiger partial charge on any atom is -0.216 e. The Hall–Kier alpha value is -1.98. The summed E-state index contributed by atoms with van der Waals surface area (Å²) in [5.74, 6) is 0.0614. The zero-order valence-electron chi connectivity index (χ0n) is 10.9. The lowest BCUT2D eigenvalue weighted by Crippen LogP contribution is -2.11. The molecule has 0 bridgehead atoms. The van der Waals surface area contributed by atoms with Crippen LogP contribution in [0.2, 0.25) is 0 Å². The van der Waals surface area contributed by atoms with Crippen LogP contribution in [0.1, 0.15) is 22.6 Å². The highest BCUT2D eigenvalue weighted by Crippen LogP contribution is 2.24. The van der Waals surface area contributed by atoms with Crippen molar-refractivity contribution in [3.8, 4) is 12.0 Å². The van der Waals surface area contributed by atoms with Crippen LogP contribution in [0.15, 0.2) is 11.1 Å². The van der Waals surface area contributed by atoms with Crippen molar-refractivity contribution in [3.05, 3.63) is 28.7 Å². The van der Waals surface area contributed by atoms with Crippen LogP contribution in [0.4, 0.5) is 0 Å². The maximum atomic E-state index is 11.7. The van der Waals surface area contributed by atoms with E-state index in [1.165, 1.54) is 6.92 Å². The van der Waals surface area contributed by atoms with E-state index in [0.29, 0.717) is 11.4 Å². The smallest absolute Gasteiger partial charge is 0.216 e. The average Bonchev–Trinajstić information content (AvgIpc) is 2.64. The Morgan fingerprint density at radius 3 is 2.25 bits per heavy atom. The Morgan fingerprint density at radius 2 is 1.80 bits per heavy atom. The fraction of sp³-hybridized carbons (Fsp3) is 0.273. The van der Waals surface area contributed by atoms with Gasteiger partial charge in [0.15, 0.2) is 5.03 Å². The summed E-state index contributed by atoms with van der Waals surface area (Å²) in [6, 6.07) is 3.52. The second-order valence-electron chi connectivity index (χ2n) is 4.18. The third-order valence-electron chi connectivity index (χ3n) is 2.52. The zero-order chi connectivity index (χ0) is 15.1. The Balaban J connectivity index is 2.85. The van der Waals surface area contributed by atoms with Crippen LogP contribution in [0, 0.1) is 32.1 Å². The molecule has 0 atom stereocenters. The number of halogens is 1. The molecule has 2 heterocycles. The monoisotopic (exact) mass is 311 g/mol. The lowest BCUT2D eigenvalue weighted by atomic mass is 10.3. The quantitative estimate of drug-likeness (QED) is 0.777. The Labute approximate surface area is 120 Å². The van der Waals surface area contributed by atoms with Gasteiger partial charge in [0.05, 0.1) is 5.69 Å². The van der Waals surface area contributed by atoms with Crippen LogP contribution < -0.4 is 0 Å². The average molecular weight is 312 g/mol. The predicted octanol–water partition coefficient (Wildman–Crippen LogP) is 1.39. The lowest BCUT2D eigenvalue weighted by molar-refractivity contribution is 0.596. The first-order valence-corrected chi connectivity index (χ1v) is 7.82. The summed E-state index contributed by atoms with van der Waals surface area (Å²) in [6.45, 7) is 5.01. The fourth-order valence-electron chi connectivity index (χ4n) is 1.80. The van der Waals surface area contributed by atoms with E-state index in [4.69, 9.17) is 15.9 Å². The molecule has 2 rings (SSSR count). The van der Waals surface area contributed by atoms with Gasteiger partial charge in [-0.05, 0) is 26.8 Å². The van der Waals surface area contributed by atoms with E-state index in [9.17, 15) is 8.42 Å². The van der Waals surface area contributed by atoms with Gasteiger partial charge in [-0.15, -0.1) is 0 Å². The largest absolute Gasteiger partial charge is 0.280 e. The summed E-state index contributed by atoms with van der Waals surface area (Å²) in [6.07, 6.45) is 0. The van der Waals surface area contributed by atoms with E-state index in [0.717, 1.165) is 4.68 Å². The van der Waals surface area contributed by atoms with Crippen molar-refractivity contribution in [3.63, 3.8) is 0 Å². The number of nitriles is 1. The van der Waals surface area contributed by atoms with Crippen LogP contribution in [0.5, 0.6) is 0 Å². The number of hydrogen-bond donors (Lipinski definition) is 0. The van der Waals surface area contributed by atoms with Gasteiger partial charge in [-0.2, -0.15) is 15.0 Å². The van der Waals surface area contributed by atoms with E-state index in [2.05, 4.69) is 15.1 Å². The highest BCUT2D eigenvalue weighted by molar-refractivity contribution is 8.13. The second kappa shape index (κ2) is 4.85. The highest BCUT2D eigenvalue weighted by Gasteiger charge is 2.27. The molecule has 0 saturated heterocycles. The molecule has 9 heteroatoms. The van der Waals surface area contributed by atoms with Crippen molar-refractivity contribution < 1.29 is 8.42 Å². The molecule has 104 valence electrons. The molecule has 0 aliphatic heterocycles. The topological polar surface area (TPSA) is 102 Å². The van der Waals surface area contributed by atoms with Gasteiger partial charge in [0.25, 0.3) is 15.0 Å². The first-order chi connectivity index (χ1) is 9.24. The summed E-state index contributed by atoms with van der Waals surface area (Å²) in [4.78, 5) is 8.25. The van der Waals surface area contributed by atoms with E-state index < -0.39 is 14.1 Å². The molecule has 0 saturated carbocycles. The van der Waals surface area contributed by atoms with Crippen LogP contribution in [0.3, 0.4) is 0 Å². The standard InChI is InChI=1S/C11H10ClN5O2S/c1-6-4-7(2)15-11(14-6)17-10(20(12,18)19)9(5-13)8(3)16-17/h4H,1-3H3. The molecule has 0 N–H and O–H groups in total. The highest BCUT2D eigenvalue weighted by atomic mass is 35.7. The minimum atomic E-state index is -4.16. The number of aryl methyl sites for hydroxylation is 3. The van der Waals surface area contributed by atoms with Gasteiger partial charge in [-0.25, -0.2) is 18.4 Å². The van der Waals surface area contributed by atoms with Crippen LogP contribution in [-0.2, 0) is 9.05 Å². The van der Waals surface area contributed by atoms with Gasteiger partial charge < -0.3 is 0 Å². The third-order valence-corrected chi connectivity index (χ3v) is 3.80. The van der Waals surface area contributed by atoms with E-state index in [1.54, 1.807) is 26.0 Å². The third kappa shape index (κ3) is 2.50. The van der Waals surface area contributed by atoms with E-state index in [1.807, 2.05) is 0 Å². The van der Waals surface area contributed by atoms with Crippen LogP contribution in [0.25, 0.3) is 5.95 Å².